The number of carbonyl (C=O) groups excluding carboxylic acids is 1. The van der Waals surface area contributed by atoms with E-state index in [0.29, 0.717) is 13.2 Å². The first-order valence-electron chi connectivity index (χ1n) is 4.85. The highest BCUT2D eigenvalue weighted by Crippen LogP contribution is 2.12. The van der Waals surface area contributed by atoms with Crippen molar-refractivity contribution in [1.82, 2.24) is 5.32 Å². The van der Waals surface area contributed by atoms with Gasteiger partial charge in [0.1, 0.15) is 0 Å². The molecule has 1 atom stereocenters. The van der Waals surface area contributed by atoms with Gasteiger partial charge in [0.25, 0.3) is 0 Å². The lowest BCUT2D eigenvalue weighted by atomic mass is 10.0. The van der Waals surface area contributed by atoms with Gasteiger partial charge < -0.3 is 10.1 Å². The lowest BCUT2D eigenvalue weighted by Crippen LogP contribution is -2.38. The van der Waals surface area contributed by atoms with Crippen molar-refractivity contribution in [2.75, 3.05) is 25.5 Å². The Morgan fingerprint density at radius 1 is 1.53 bits per heavy atom. The van der Waals surface area contributed by atoms with Crippen LogP contribution < -0.4 is 10.5 Å². The van der Waals surface area contributed by atoms with E-state index in [1.165, 1.54) is 0 Å². The Morgan fingerprint density at radius 2 is 2.27 bits per heavy atom. The number of carbonyl (C=O) groups is 1. The van der Waals surface area contributed by atoms with E-state index in [4.69, 9.17) is 9.88 Å². The van der Waals surface area contributed by atoms with Gasteiger partial charge in [-0.25, -0.2) is 13.6 Å². The third-order valence-electron chi connectivity index (χ3n) is 2.22. The number of amides is 1. The molecule has 1 amide bonds. The quantitative estimate of drug-likeness (QED) is 0.641. The van der Waals surface area contributed by atoms with Crippen LogP contribution in [0.3, 0.4) is 0 Å². The first-order valence-corrected chi connectivity index (χ1v) is 6.56. The molecule has 3 N–H and O–H groups in total. The lowest BCUT2D eigenvalue weighted by Gasteiger charge is -2.21. The average Bonchev–Trinajstić information content (AvgIpc) is 2.17. The monoisotopic (exact) mass is 236 g/mol. The van der Waals surface area contributed by atoms with Crippen molar-refractivity contribution in [3.63, 3.8) is 0 Å². The van der Waals surface area contributed by atoms with E-state index in [-0.39, 0.29) is 24.1 Å². The number of hydrogen-bond donors (Lipinski definition) is 2. The smallest absolute Gasteiger partial charge is 0.225 e. The third kappa shape index (κ3) is 5.10. The van der Waals surface area contributed by atoms with Crippen LogP contribution in [0, 0.1) is 5.92 Å². The fourth-order valence-electron chi connectivity index (χ4n) is 1.41. The average molecular weight is 236 g/mol. The molecule has 1 heterocycles. The van der Waals surface area contributed by atoms with Crippen LogP contribution in [-0.4, -0.2) is 39.8 Å². The zero-order valence-electron chi connectivity index (χ0n) is 8.44. The molecule has 6 nitrogen and oxygen atoms in total. The van der Waals surface area contributed by atoms with E-state index in [9.17, 15) is 13.2 Å². The van der Waals surface area contributed by atoms with Crippen LogP contribution in [0.1, 0.15) is 12.8 Å². The third-order valence-corrected chi connectivity index (χ3v) is 2.99. The second-order valence-electron chi connectivity index (χ2n) is 3.57. The van der Waals surface area contributed by atoms with Crippen molar-refractivity contribution in [2.45, 2.75) is 12.8 Å². The van der Waals surface area contributed by atoms with Gasteiger partial charge in [0.05, 0.1) is 18.3 Å². The van der Waals surface area contributed by atoms with Gasteiger partial charge in [-0.1, -0.05) is 0 Å². The van der Waals surface area contributed by atoms with Gasteiger partial charge in [0.15, 0.2) is 0 Å². The standard InChI is InChI=1S/C8H16N2O4S/c9-15(12,13)5-3-10-8(11)7-2-1-4-14-6-7/h7H,1-6H2,(H,10,11)(H2,9,12,13). The summed E-state index contributed by atoms with van der Waals surface area (Å²) in [4.78, 5) is 11.5. The molecule has 0 aromatic rings. The van der Waals surface area contributed by atoms with Crippen LogP contribution in [0.15, 0.2) is 0 Å². The highest BCUT2D eigenvalue weighted by Gasteiger charge is 2.21. The van der Waals surface area contributed by atoms with Crippen LogP contribution in [0.25, 0.3) is 0 Å². The van der Waals surface area contributed by atoms with Gasteiger partial charge in [0, 0.05) is 13.2 Å². The first-order chi connectivity index (χ1) is 6.99. The molecule has 0 aromatic heterocycles. The van der Waals surface area contributed by atoms with E-state index in [2.05, 4.69) is 5.32 Å². The molecule has 0 aromatic carbocycles. The molecule has 0 aliphatic carbocycles. The Kier molecular flexibility index (Phi) is 4.49. The van der Waals surface area contributed by atoms with Crippen molar-refractivity contribution < 1.29 is 17.9 Å². The molecule has 0 saturated carbocycles. The number of primary sulfonamides is 1. The van der Waals surface area contributed by atoms with E-state index in [1.807, 2.05) is 0 Å². The molecule has 0 radical (unpaired) electrons. The Bertz CT molecular complexity index is 309. The summed E-state index contributed by atoms with van der Waals surface area (Å²) in [6.45, 7) is 1.18. The van der Waals surface area contributed by atoms with Gasteiger partial charge in [-0.05, 0) is 12.8 Å². The van der Waals surface area contributed by atoms with E-state index >= 15 is 0 Å². The predicted octanol–water partition coefficient (Wildman–Crippen LogP) is -1.18. The number of nitrogens with two attached hydrogens (primary N) is 1. The van der Waals surface area contributed by atoms with Crippen molar-refractivity contribution in [3.05, 3.63) is 0 Å². The summed E-state index contributed by atoms with van der Waals surface area (Å²) in [5.41, 5.74) is 0. The fraction of sp³-hybridized carbons (Fsp3) is 0.875. The largest absolute Gasteiger partial charge is 0.381 e. The Labute approximate surface area is 89.2 Å². The maximum absolute atomic E-state index is 11.5. The highest BCUT2D eigenvalue weighted by atomic mass is 32.2. The Balaban J connectivity index is 2.23. The molecule has 0 spiro atoms. The molecular weight excluding hydrogens is 220 g/mol. The second-order valence-corrected chi connectivity index (χ2v) is 5.31. The molecular formula is C8H16N2O4S. The van der Waals surface area contributed by atoms with Crippen molar-refractivity contribution in [1.29, 1.82) is 0 Å². The number of ether oxygens (including phenoxy) is 1. The molecule has 1 fully saturated rings. The second kappa shape index (κ2) is 5.43. The minimum atomic E-state index is -3.50. The molecule has 88 valence electrons. The highest BCUT2D eigenvalue weighted by molar-refractivity contribution is 7.89. The summed E-state index contributed by atoms with van der Waals surface area (Å²) in [7, 11) is -3.50. The molecule has 1 saturated heterocycles. The summed E-state index contributed by atoms with van der Waals surface area (Å²) in [6.07, 6.45) is 1.66. The maximum atomic E-state index is 11.5. The van der Waals surface area contributed by atoms with Gasteiger partial charge in [0.2, 0.25) is 15.9 Å². The first kappa shape index (κ1) is 12.4. The summed E-state index contributed by atoms with van der Waals surface area (Å²) < 4.78 is 26.3. The number of rotatable bonds is 4. The zero-order chi connectivity index (χ0) is 11.3. The van der Waals surface area contributed by atoms with Gasteiger partial charge in [-0.15, -0.1) is 0 Å². The van der Waals surface area contributed by atoms with Crippen LogP contribution in [-0.2, 0) is 19.6 Å². The summed E-state index contributed by atoms with van der Waals surface area (Å²) in [5, 5.41) is 7.33. The molecule has 1 unspecified atom stereocenters. The number of sulfonamides is 1. The van der Waals surface area contributed by atoms with Gasteiger partial charge >= 0.3 is 0 Å². The Hall–Kier alpha value is -0.660. The summed E-state index contributed by atoms with van der Waals surface area (Å²) in [5.74, 6) is -0.538. The molecule has 15 heavy (non-hydrogen) atoms. The van der Waals surface area contributed by atoms with Crippen LogP contribution in [0.2, 0.25) is 0 Å². The normalized spacial score (nSPS) is 22.3. The fourth-order valence-corrected chi connectivity index (χ4v) is 1.79. The van der Waals surface area contributed by atoms with Crippen molar-refractivity contribution >= 4 is 15.9 Å². The van der Waals surface area contributed by atoms with E-state index < -0.39 is 10.0 Å². The van der Waals surface area contributed by atoms with Gasteiger partial charge in [-0.3, -0.25) is 4.79 Å². The summed E-state index contributed by atoms with van der Waals surface area (Å²) in [6, 6.07) is 0. The lowest BCUT2D eigenvalue weighted by molar-refractivity contribution is -0.128. The zero-order valence-corrected chi connectivity index (χ0v) is 9.26. The molecule has 1 rings (SSSR count). The summed E-state index contributed by atoms with van der Waals surface area (Å²) >= 11 is 0. The van der Waals surface area contributed by atoms with Crippen LogP contribution >= 0.6 is 0 Å². The molecule has 7 heteroatoms. The van der Waals surface area contributed by atoms with E-state index in [1.54, 1.807) is 0 Å². The minimum absolute atomic E-state index is 0.0637. The maximum Gasteiger partial charge on any atom is 0.225 e. The SMILES string of the molecule is NS(=O)(=O)CCNC(=O)C1CCCOC1. The minimum Gasteiger partial charge on any atom is -0.381 e. The number of hydrogen-bond acceptors (Lipinski definition) is 4. The van der Waals surface area contributed by atoms with Crippen LogP contribution in [0.5, 0.6) is 0 Å². The van der Waals surface area contributed by atoms with Gasteiger partial charge in [-0.2, -0.15) is 0 Å². The van der Waals surface area contributed by atoms with Crippen LogP contribution in [0.4, 0.5) is 0 Å². The van der Waals surface area contributed by atoms with E-state index in [0.717, 1.165) is 12.8 Å². The molecule has 0 bridgehead atoms. The Morgan fingerprint density at radius 3 is 2.80 bits per heavy atom. The predicted molar refractivity (Wildman–Crippen MR) is 54.5 cm³/mol. The number of nitrogens with one attached hydrogen (secondary N) is 1. The van der Waals surface area contributed by atoms with Crippen molar-refractivity contribution in [3.8, 4) is 0 Å². The topological polar surface area (TPSA) is 98.5 Å². The molecule has 1 aliphatic heterocycles. The van der Waals surface area contributed by atoms with Crippen molar-refractivity contribution in [2.24, 2.45) is 11.1 Å². The molecule has 1 aliphatic rings.